The van der Waals surface area contributed by atoms with Crippen LogP contribution in [0.3, 0.4) is 0 Å². The van der Waals surface area contributed by atoms with E-state index in [0.29, 0.717) is 23.9 Å². The zero-order valence-corrected chi connectivity index (χ0v) is 19.0. The molecule has 0 unspecified atom stereocenters. The van der Waals surface area contributed by atoms with Gasteiger partial charge in [0.1, 0.15) is 5.01 Å². The van der Waals surface area contributed by atoms with Crippen molar-refractivity contribution in [2.45, 2.75) is 39.7 Å². The van der Waals surface area contributed by atoms with Gasteiger partial charge in [-0.15, -0.1) is 11.3 Å². The molecule has 1 N–H and O–H groups in total. The highest BCUT2D eigenvalue weighted by Gasteiger charge is 2.47. The average Bonchev–Trinajstić information content (AvgIpc) is 3.27. The minimum atomic E-state index is -0.245. The van der Waals surface area contributed by atoms with E-state index in [4.69, 9.17) is 4.98 Å². The fourth-order valence-corrected chi connectivity index (χ4v) is 6.32. The lowest BCUT2D eigenvalue weighted by atomic mass is 9.90. The van der Waals surface area contributed by atoms with Crippen molar-refractivity contribution < 1.29 is 14.5 Å². The number of nitrogens with zero attached hydrogens (tertiary/aromatic N) is 2. The molecular formula is C25H28N3O2S+. The van der Waals surface area contributed by atoms with E-state index in [-0.39, 0.29) is 17.9 Å². The molecule has 0 bridgehead atoms. The van der Waals surface area contributed by atoms with Crippen LogP contribution in [0.15, 0.2) is 42.5 Å². The van der Waals surface area contributed by atoms with Gasteiger partial charge in [0.15, 0.2) is 6.04 Å². The number of hydrogen-bond acceptors (Lipinski definition) is 4. The second-order valence-electron chi connectivity index (χ2n) is 9.37. The summed E-state index contributed by atoms with van der Waals surface area (Å²) in [5, 5.41) is 0.949. The number of amides is 2. The molecule has 2 aliphatic heterocycles. The van der Waals surface area contributed by atoms with Gasteiger partial charge in [-0.05, 0) is 55.3 Å². The number of rotatable bonds is 3. The van der Waals surface area contributed by atoms with Gasteiger partial charge in [0.05, 0.1) is 35.4 Å². The fraction of sp³-hybridized carbons (Fsp3) is 0.400. The Bertz CT molecular complexity index is 1140. The summed E-state index contributed by atoms with van der Waals surface area (Å²) in [4.78, 5) is 33.4. The summed E-state index contributed by atoms with van der Waals surface area (Å²) in [6, 6.07) is 13.7. The van der Waals surface area contributed by atoms with Gasteiger partial charge in [0.25, 0.3) is 5.91 Å². The Morgan fingerprint density at radius 3 is 2.45 bits per heavy atom. The van der Waals surface area contributed by atoms with E-state index >= 15 is 0 Å². The molecule has 160 valence electrons. The Kier molecular flexibility index (Phi) is 5.15. The van der Waals surface area contributed by atoms with E-state index in [9.17, 15) is 9.59 Å². The molecule has 5 nitrogen and oxygen atoms in total. The molecule has 3 heterocycles. The highest BCUT2D eigenvalue weighted by Crippen LogP contribution is 2.32. The Balaban J connectivity index is 1.37. The van der Waals surface area contributed by atoms with Crippen molar-refractivity contribution in [1.82, 2.24) is 4.98 Å². The van der Waals surface area contributed by atoms with Crippen molar-refractivity contribution >= 4 is 39.1 Å². The smallest absolute Gasteiger partial charge is 0.292 e. The van der Waals surface area contributed by atoms with Gasteiger partial charge in [-0.2, -0.15) is 0 Å². The third-order valence-electron chi connectivity index (χ3n) is 6.58. The number of aromatic nitrogens is 1. The number of likely N-dealkylation sites (tertiary alicyclic amines) is 1. The van der Waals surface area contributed by atoms with Crippen LogP contribution in [0.5, 0.6) is 0 Å². The van der Waals surface area contributed by atoms with E-state index < -0.39 is 0 Å². The normalized spacial score (nSPS) is 26.7. The van der Waals surface area contributed by atoms with Crippen LogP contribution in [-0.2, 0) is 9.59 Å². The molecule has 3 atom stereocenters. The number of quaternary nitrogens is 1. The SMILES string of the molecule is Cc1ccc2nc(-c3ccc(N4C(=O)C[C@H]([NH+]5C[C@@H](C)C[C@H](C)C5)C4=O)cc3)sc2c1. The molecule has 0 spiro atoms. The molecule has 2 fully saturated rings. The maximum Gasteiger partial charge on any atom is 0.292 e. The zero-order valence-electron chi connectivity index (χ0n) is 18.2. The van der Waals surface area contributed by atoms with Gasteiger partial charge in [0, 0.05) is 17.4 Å². The molecule has 0 saturated carbocycles. The molecule has 2 amide bonds. The van der Waals surface area contributed by atoms with Crippen molar-refractivity contribution in [2.75, 3.05) is 18.0 Å². The van der Waals surface area contributed by atoms with Crippen LogP contribution in [0.4, 0.5) is 5.69 Å². The second kappa shape index (κ2) is 7.84. The second-order valence-corrected chi connectivity index (χ2v) is 10.4. The average molecular weight is 435 g/mol. The Morgan fingerprint density at radius 2 is 1.74 bits per heavy atom. The molecule has 0 aliphatic carbocycles. The molecule has 3 aromatic rings. The first-order valence-corrected chi connectivity index (χ1v) is 11.9. The van der Waals surface area contributed by atoms with E-state index in [0.717, 1.165) is 29.2 Å². The number of benzene rings is 2. The minimum absolute atomic E-state index is 0.0514. The number of thiazole rings is 1. The van der Waals surface area contributed by atoms with E-state index in [2.05, 4.69) is 32.9 Å². The van der Waals surface area contributed by atoms with Gasteiger partial charge >= 0.3 is 0 Å². The third-order valence-corrected chi connectivity index (χ3v) is 7.65. The molecule has 2 aliphatic rings. The summed E-state index contributed by atoms with van der Waals surface area (Å²) in [6.07, 6.45) is 1.52. The maximum atomic E-state index is 13.2. The minimum Gasteiger partial charge on any atom is -0.324 e. The number of fused-ring (bicyclic) bond motifs is 1. The molecule has 2 saturated heterocycles. The summed E-state index contributed by atoms with van der Waals surface area (Å²) in [7, 11) is 0. The summed E-state index contributed by atoms with van der Waals surface area (Å²) in [6.45, 7) is 8.52. The number of carbonyl (C=O) groups excluding carboxylic acids is 2. The monoisotopic (exact) mass is 434 g/mol. The molecule has 2 aromatic carbocycles. The quantitative estimate of drug-likeness (QED) is 0.643. The van der Waals surface area contributed by atoms with Crippen molar-refractivity contribution in [3.05, 3.63) is 48.0 Å². The molecular weight excluding hydrogens is 406 g/mol. The van der Waals surface area contributed by atoms with Crippen molar-refractivity contribution in [1.29, 1.82) is 0 Å². The lowest BCUT2D eigenvalue weighted by Gasteiger charge is -2.34. The lowest BCUT2D eigenvalue weighted by molar-refractivity contribution is -0.926. The van der Waals surface area contributed by atoms with Crippen LogP contribution in [0, 0.1) is 18.8 Å². The molecule has 31 heavy (non-hydrogen) atoms. The lowest BCUT2D eigenvalue weighted by Crippen LogP contribution is -3.18. The van der Waals surface area contributed by atoms with Crippen LogP contribution in [-0.4, -0.2) is 35.9 Å². The highest BCUT2D eigenvalue weighted by molar-refractivity contribution is 7.21. The molecule has 6 heteroatoms. The van der Waals surface area contributed by atoms with Crippen LogP contribution < -0.4 is 9.80 Å². The standard InChI is InChI=1S/C25H27N3O2S/c1-15-4-9-20-22(11-15)31-24(26-20)18-5-7-19(8-6-18)28-23(29)12-21(25(28)30)27-13-16(2)10-17(3)14-27/h4-9,11,16-17,21H,10,12-14H2,1-3H3/p+1/t16-,17-,21-/m0/s1. The summed E-state index contributed by atoms with van der Waals surface area (Å²) < 4.78 is 1.17. The first-order chi connectivity index (χ1) is 14.9. The first kappa shape index (κ1) is 20.3. The number of aryl methyl sites for hydroxylation is 1. The van der Waals surface area contributed by atoms with E-state index in [1.54, 1.807) is 11.3 Å². The van der Waals surface area contributed by atoms with Crippen LogP contribution in [0.25, 0.3) is 20.8 Å². The van der Waals surface area contributed by atoms with E-state index in [1.165, 1.54) is 26.5 Å². The number of anilines is 1. The number of hydrogen-bond donors (Lipinski definition) is 1. The Hall–Kier alpha value is -2.57. The molecule has 1 aromatic heterocycles. The number of imide groups is 1. The van der Waals surface area contributed by atoms with Gasteiger partial charge in [-0.3, -0.25) is 9.59 Å². The fourth-order valence-electron chi connectivity index (χ4n) is 5.25. The van der Waals surface area contributed by atoms with E-state index in [1.807, 2.05) is 30.3 Å². The molecule has 0 radical (unpaired) electrons. The third kappa shape index (κ3) is 3.79. The van der Waals surface area contributed by atoms with Crippen molar-refractivity contribution in [2.24, 2.45) is 11.8 Å². The Labute approximate surface area is 186 Å². The topological polar surface area (TPSA) is 54.7 Å². The predicted molar refractivity (Wildman–Crippen MR) is 124 cm³/mol. The highest BCUT2D eigenvalue weighted by atomic mass is 32.1. The van der Waals surface area contributed by atoms with Gasteiger partial charge < -0.3 is 4.90 Å². The van der Waals surface area contributed by atoms with Crippen LogP contribution in [0.2, 0.25) is 0 Å². The van der Waals surface area contributed by atoms with Crippen molar-refractivity contribution in [3.8, 4) is 10.6 Å². The largest absolute Gasteiger partial charge is 0.324 e. The van der Waals surface area contributed by atoms with Gasteiger partial charge in [-0.25, -0.2) is 9.88 Å². The zero-order chi connectivity index (χ0) is 21.7. The summed E-state index contributed by atoms with van der Waals surface area (Å²) >= 11 is 1.66. The number of nitrogens with one attached hydrogen (secondary N) is 1. The first-order valence-electron chi connectivity index (χ1n) is 11.1. The van der Waals surface area contributed by atoms with Crippen LogP contribution in [0.1, 0.15) is 32.3 Å². The summed E-state index contributed by atoms with van der Waals surface area (Å²) in [5.41, 5.74) is 3.88. The predicted octanol–water partition coefficient (Wildman–Crippen LogP) is 3.46. The molecule has 5 rings (SSSR count). The number of carbonyl (C=O) groups is 2. The summed E-state index contributed by atoms with van der Waals surface area (Å²) in [5.74, 6) is 1.04. The van der Waals surface area contributed by atoms with Gasteiger partial charge in [-0.1, -0.05) is 19.9 Å². The Morgan fingerprint density at radius 1 is 1.03 bits per heavy atom. The van der Waals surface area contributed by atoms with Crippen molar-refractivity contribution in [3.63, 3.8) is 0 Å². The maximum absolute atomic E-state index is 13.2. The van der Waals surface area contributed by atoms with Gasteiger partial charge in [0.2, 0.25) is 5.91 Å². The van der Waals surface area contributed by atoms with Crippen LogP contribution >= 0.6 is 11.3 Å². The number of piperidine rings is 1.